The van der Waals surface area contributed by atoms with Crippen LogP contribution in [0.5, 0.6) is 0 Å². The predicted octanol–water partition coefficient (Wildman–Crippen LogP) is 5.41. The smallest absolute Gasteiger partial charge is 0.237 e. The van der Waals surface area contributed by atoms with Crippen LogP contribution >= 0.6 is 11.6 Å². The highest BCUT2D eigenvalue weighted by Crippen LogP contribution is 2.54. The summed E-state index contributed by atoms with van der Waals surface area (Å²) in [6.07, 6.45) is 9.27. The molecule has 3 aromatic rings. The number of nitrogens with one attached hydrogen (secondary N) is 3. The third-order valence-corrected chi connectivity index (χ3v) is 10.1. The summed E-state index contributed by atoms with van der Waals surface area (Å²) in [4.78, 5) is 34.5. The quantitative estimate of drug-likeness (QED) is 0.317. The van der Waals surface area contributed by atoms with E-state index in [9.17, 15) is 9.59 Å². The Labute approximate surface area is 234 Å². The number of amides is 2. The van der Waals surface area contributed by atoms with Crippen molar-refractivity contribution < 1.29 is 9.59 Å². The Hall–Kier alpha value is -2.90. The summed E-state index contributed by atoms with van der Waals surface area (Å²) in [5.41, 5.74) is 8.95. The second kappa shape index (κ2) is 9.93. The molecular formula is C31H38ClN5O2. The molecular weight excluding hydrogens is 510 g/mol. The molecule has 7 nitrogen and oxygen atoms in total. The lowest BCUT2D eigenvalue weighted by atomic mass is 9.54. The van der Waals surface area contributed by atoms with Crippen molar-refractivity contribution in [3.05, 3.63) is 59.4 Å². The van der Waals surface area contributed by atoms with Gasteiger partial charge in [-0.2, -0.15) is 0 Å². The van der Waals surface area contributed by atoms with Crippen molar-refractivity contribution in [1.82, 2.24) is 15.3 Å². The fourth-order valence-corrected chi connectivity index (χ4v) is 7.89. The van der Waals surface area contributed by atoms with Crippen LogP contribution in [-0.2, 0) is 15.0 Å². The number of carbonyl (C=O) groups excluding carboxylic acids is 2. The molecule has 2 aromatic heterocycles. The van der Waals surface area contributed by atoms with Gasteiger partial charge in [-0.15, -0.1) is 0 Å². The first kappa shape index (κ1) is 26.3. The molecule has 0 aliphatic heterocycles. The van der Waals surface area contributed by atoms with Crippen molar-refractivity contribution in [2.75, 3.05) is 11.9 Å². The van der Waals surface area contributed by atoms with Gasteiger partial charge >= 0.3 is 0 Å². The lowest BCUT2D eigenvalue weighted by Gasteiger charge is -2.51. The van der Waals surface area contributed by atoms with E-state index in [4.69, 9.17) is 17.3 Å². The van der Waals surface area contributed by atoms with Crippen LogP contribution in [0.25, 0.3) is 11.0 Å². The van der Waals surface area contributed by atoms with Gasteiger partial charge in [0.15, 0.2) is 0 Å². The number of rotatable bonds is 7. The monoisotopic (exact) mass is 547 g/mol. The van der Waals surface area contributed by atoms with Crippen LogP contribution in [0.4, 0.5) is 5.69 Å². The van der Waals surface area contributed by atoms with Crippen LogP contribution in [0.15, 0.2) is 48.8 Å². The summed E-state index contributed by atoms with van der Waals surface area (Å²) in [6, 6.07) is 11.1. The van der Waals surface area contributed by atoms with E-state index in [1.165, 1.54) is 5.56 Å². The van der Waals surface area contributed by atoms with E-state index in [1.54, 1.807) is 6.20 Å². The number of aromatic amines is 1. The summed E-state index contributed by atoms with van der Waals surface area (Å²) < 4.78 is 0. The van der Waals surface area contributed by atoms with Crippen molar-refractivity contribution in [1.29, 1.82) is 0 Å². The first-order valence-electron chi connectivity index (χ1n) is 14.2. The van der Waals surface area contributed by atoms with Crippen LogP contribution in [-0.4, -0.2) is 34.4 Å². The molecule has 206 valence electrons. The minimum absolute atomic E-state index is 0.0113. The second-order valence-corrected chi connectivity index (χ2v) is 13.1. The molecule has 2 bridgehead atoms. The second-order valence-electron chi connectivity index (χ2n) is 12.7. The lowest BCUT2D eigenvalue weighted by Crippen LogP contribution is -2.55. The van der Waals surface area contributed by atoms with Crippen LogP contribution in [0.2, 0.25) is 5.02 Å². The number of H-pyrrole nitrogens is 1. The summed E-state index contributed by atoms with van der Waals surface area (Å²) in [5, 5.41) is 8.01. The minimum Gasteiger partial charge on any atom is -0.354 e. The molecule has 0 saturated heterocycles. The van der Waals surface area contributed by atoms with Gasteiger partial charge in [-0.1, -0.05) is 37.6 Å². The topological polar surface area (TPSA) is 113 Å². The first-order chi connectivity index (χ1) is 18.7. The highest BCUT2D eigenvalue weighted by Gasteiger charge is 2.51. The predicted molar refractivity (Wildman–Crippen MR) is 154 cm³/mol. The molecule has 0 spiro atoms. The standard InChI is InChI=1S/C31H38ClN5O2/c1-18-13-19-14-20(16-30(2,15-19)29(39)37-24-8-12-35-27-23(24)7-11-34-27)25(18)26(33)28(38)36-17-31(9-10-31)21-3-5-22(32)6-4-21/h3-8,11-12,18-20,25-26H,9-10,13-17,33H2,1-2H3,(H,36,38)(H2,34,35,37,39). The summed E-state index contributed by atoms with van der Waals surface area (Å²) >= 11 is 6.08. The van der Waals surface area contributed by atoms with Gasteiger partial charge in [0, 0.05) is 40.2 Å². The van der Waals surface area contributed by atoms with Crippen molar-refractivity contribution in [3.63, 3.8) is 0 Å². The van der Waals surface area contributed by atoms with Crippen molar-refractivity contribution in [3.8, 4) is 0 Å². The Balaban J connectivity index is 1.13. The molecule has 2 amide bonds. The SMILES string of the molecule is CC1CC2CC(CC(C)(C(=O)Nc3ccnc4[nH]ccc34)C2)C1C(N)C(=O)NCC1(c2ccc(Cl)cc2)CC1. The molecule has 2 heterocycles. The Morgan fingerprint density at radius 2 is 1.92 bits per heavy atom. The lowest BCUT2D eigenvalue weighted by molar-refractivity contribution is -0.133. The van der Waals surface area contributed by atoms with Gasteiger partial charge in [-0.3, -0.25) is 9.59 Å². The average molecular weight is 548 g/mol. The van der Waals surface area contributed by atoms with E-state index in [-0.39, 0.29) is 29.1 Å². The van der Waals surface area contributed by atoms with E-state index in [0.29, 0.717) is 18.4 Å². The largest absolute Gasteiger partial charge is 0.354 e. The Morgan fingerprint density at radius 3 is 2.67 bits per heavy atom. The van der Waals surface area contributed by atoms with Gasteiger partial charge in [0.05, 0.1) is 11.7 Å². The number of halogens is 1. The van der Waals surface area contributed by atoms with Gasteiger partial charge in [0.2, 0.25) is 11.8 Å². The first-order valence-corrected chi connectivity index (χ1v) is 14.6. The highest BCUT2D eigenvalue weighted by molar-refractivity contribution is 6.30. The third kappa shape index (κ3) is 4.95. The number of nitrogens with zero attached hydrogens (tertiary/aromatic N) is 1. The Morgan fingerprint density at radius 1 is 1.15 bits per heavy atom. The van der Waals surface area contributed by atoms with Crippen LogP contribution in [0.3, 0.4) is 0 Å². The van der Waals surface area contributed by atoms with E-state index >= 15 is 0 Å². The van der Waals surface area contributed by atoms with Gasteiger partial charge in [-0.25, -0.2) is 4.98 Å². The van der Waals surface area contributed by atoms with Crippen LogP contribution in [0.1, 0.15) is 57.9 Å². The van der Waals surface area contributed by atoms with Gasteiger partial charge in [0.1, 0.15) is 5.65 Å². The van der Waals surface area contributed by atoms with Crippen molar-refractivity contribution in [2.24, 2.45) is 34.8 Å². The number of nitrogens with two attached hydrogens (primary N) is 1. The Kier molecular flexibility index (Phi) is 6.71. The molecule has 3 fully saturated rings. The zero-order valence-corrected chi connectivity index (χ0v) is 23.4. The van der Waals surface area contributed by atoms with E-state index in [1.807, 2.05) is 30.5 Å². The molecule has 3 aliphatic carbocycles. The number of benzene rings is 1. The normalized spacial score (nSPS) is 29.9. The number of anilines is 1. The molecule has 6 rings (SSSR count). The van der Waals surface area contributed by atoms with E-state index < -0.39 is 11.5 Å². The van der Waals surface area contributed by atoms with Crippen molar-refractivity contribution in [2.45, 2.75) is 63.8 Å². The summed E-state index contributed by atoms with van der Waals surface area (Å²) in [7, 11) is 0. The molecule has 39 heavy (non-hydrogen) atoms. The van der Waals surface area contributed by atoms with E-state index in [2.05, 4.69) is 46.6 Å². The molecule has 5 N–H and O–H groups in total. The summed E-state index contributed by atoms with van der Waals surface area (Å²) in [6.45, 7) is 4.91. The molecule has 0 radical (unpaired) electrons. The average Bonchev–Trinajstić information content (AvgIpc) is 3.53. The molecule has 6 atom stereocenters. The fourth-order valence-electron chi connectivity index (χ4n) is 7.76. The molecule has 3 saturated carbocycles. The number of hydrogen-bond acceptors (Lipinski definition) is 4. The number of pyridine rings is 1. The van der Waals surface area contributed by atoms with Gasteiger partial charge < -0.3 is 21.4 Å². The van der Waals surface area contributed by atoms with E-state index in [0.717, 1.165) is 60.3 Å². The van der Waals surface area contributed by atoms with Crippen LogP contribution < -0.4 is 16.4 Å². The molecule has 1 aromatic carbocycles. The van der Waals surface area contributed by atoms with Crippen LogP contribution in [0, 0.1) is 29.1 Å². The number of carbonyl (C=O) groups is 2. The maximum absolute atomic E-state index is 13.7. The maximum Gasteiger partial charge on any atom is 0.237 e. The fraction of sp³-hybridized carbons (Fsp3) is 0.516. The van der Waals surface area contributed by atoms with Gasteiger partial charge in [0.25, 0.3) is 0 Å². The zero-order chi connectivity index (χ0) is 27.4. The number of aromatic nitrogens is 2. The number of fused-ring (bicyclic) bond motifs is 3. The maximum atomic E-state index is 13.7. The van der Waals surface area contributed by atoms with Crippen molar-refractivity contribution >= 4 is 40.1 Å². The molecule has 3 aliphatic rings. The highest BCUT2D eigenvalue weighted by atomic mass is 35.5. The molecule has 6 unspecified atom stereocenters. The van der Waals surface area contributed by atoms with Gasteiger partial charge in [-0.05, 0) is 92.0 Å². The molecule has 8 heteroatoms. The number of hydrogen-bond donors (Lipinski definition) is 4. The summed E-state index contributed by atoms with van der Waals surface area (Å²) in [5.74, 6) is 1.06. The third-order valence-electron chi connectivity index (χ3n) is 9.88. The zero-order valence-electron chi connectivity index (χ0n) is 22.7. The minimum atomic E-state index is -0.586. The Bertz CT molecular complexity index is 1380.